The van der Waals surface area contributed by atoms with Crippen LogP contribution in [0.1, 0.15) is 35.2 Å². The van der Waals surface area contributed by atoms with Crippen molar-refractivity contribution in [2.75, 3.05) is 5.32 Å². The molecule has 0 saturated carbocycles. The lowest BCUT2D eigenvalue weighted by molar-refractivity contribution is 0.627. The normalized spacial score (nSPS) is 12.3. The van der Waals surface area contributed by atoms with Crippen molar-refractivity contribution in [3.05, 3.63) is 62.9 Å². The Morgan fingerprint density at radius 3 is 2.35 bits per heavy atom. The first kappa shape index (κ1) is 15.0. The highest BCUT2D eigenvalue weighted by molar-refractivity contribution is 9.10. The molecule has 0 aliphatic carbocycles. The summed E-state index contributed by atoms with van der Waals surface area (Å²) >= 11 is 3.37. The maximum absolute atomic E-state index is 13.8. The highest BCUT2D eigenvalue weighted by Crippen LogP contribution is 2.27. The van der Waals surface area contributed by atoms with Gasteiger partial charge in [0.2, 0.25) is 0 Å². The molecule has 0 heterocycles. The summed E-state index contributed by atoms with van der Waals surface area (Å²) in [6.45, 7) is 8.36. The summed E-state index contributed by atoms with van der Waals surface area (Å²) in [6, 6.07) is 9.34. The molecule has 1 N–H and O–H groups in total. The predicted octanol–water partition coefficient (Wildman–Crippen LogP) is 5.69. The molecule has 0 aromatic heterocycles. The summed E-state index contributed by atoms with van der Waals surface area (Å²) in [6.07, 6.45) is 0. The zero-order valence-electron chi connectivity index (χ0n) is 12.2. The van der Waals surface area contributed by atoms with Gasteiger partial charge in [-0.2, -0.15) is 0 Å². The van der Waals surface area contributed by atoms with E-state index in [4.69, 9.17) is 0 Å². The molecule has 0 spiro atoms. The van der Waals surface area contributed by atoms with Crippen LogP contribution in [0.5, 0.6) is 0 Å². The molecule has 0 bridgehead atoms. The highest BCUT2D eigenvalue weighted by Gasteiger charge is 2.12. The summed E-state index contributed by atoms with van der Waals surface area (Å²) in [5.74, 6) is -0.235. The van der Waals surface area contributed by atoms with Crippen LogP contribution in [0.2, 0.25) is 0 Å². The van der Waals surface area contributed by atoms with Gasteiger partial charge in [0.1, 0.15) is 5.82 Å². The van der Waals surface area contributed by atoms with E-state index in [1.165, 1.54) is 28.3 Å². The minimum absolute atomic E-state index is 0.0538. The Kier molecular flexibility index (Phi) is 4.48. The number of hydrogen-bond acceptors (Lipinski definition) is 1. The fourth-order valence-electron chi connectivity index (χ4n) is 2.37. The molecule has 0 fully saturated rings. The van der Waals surface area contributed by atoms with Crippen LogP contribution in [0.15, 0.2) is 34.8 Å². The molecule has 106 valence electrons. The van der Waals surface area contributed by atoms with E-state index in [1.807, 2.05) is 0 Å². The van der Waals surface area contributed by atoms with E-state index < -0.39 is 0 Å². The van der Waals surface area contributed by atoms with Crippen LogP contribution >= 0.6 is 15.9 Å². The van der Waals surface area contributed by atoms with Crippen molar-refractivity contribution >= 4 is 21.6 Å². The van der Waals surface area contributed by atoms with Gasteiger partial charge in [0.15, 0.2) is 0 Å². The molecule has 2 aromatic rings. The quantitative estimate of drug-likeness (QED) is 0.760. The maximum Gasteiger partial charge on any atom is 0.146 e. The molecule has 2 aromatic carbocycles. The molecule has 0 aliphatic rings. The molecule has 1 unspecified atom stereocenters. The van der Waals surface area contributed by atoms with Gasteiger partial charge in [0.05, 0.1) is 5.69 Å². The van der Waals surface area contributed by atoms with E-state index in [-0.39, 0.29) is 11.9 Å². The van der Waals surface area contributed by atoms with Crippen molar-refractivity contribution in [2.24, 2.45) is 0 Å². The fraction of sp³-hybridized carbons (Fsp3) is 0.294. The Hall–Kier alpha value is -1.35. The van der Waals surface area contributed by atoms with E-state index in [1.54, 1.807) is 12.1 Å². The Labute approximate surface area is 128 Å². The molecule has 20 heavy (non-hydrogen) atoms. The first-order chi connectivity index (χ1) is 9.38. The van der Waals surface area contributed by atoms with Crippen molar-refractivity contribution in [1.29, 1.82) is 0 Å². The number of halogens is 2. The third kappa shape index (κ3) is 3.21. The van der Waals surface area contributed by atoms with Crippen molar-refractivity contribution in [3.8, 4) is 0 Å². The maximum atomic E-state index is 13.8. The lowest BCUT2D eigenvalue weighted by atomic mass is 9.96. The van der Waals surface area contributed by atoms with Crippen LogP contribution < -0.4 is 5.32 Å². The summed E-state index contributed by atoms with van der Waals surface area (Å²) in [7, 11) is 0. The summed E-state index contributed by atoms with van der Waals surface area (Å²) < 4.78 is 14.7. The van der Waals surface area contributed by atoms with Crippen LogP contribution in [0.4, 0.5) is 10.1 Å². The van der Waals surface area contributed by atoms with Gasteiger partial charge < -0.3 is 5.32 Å². The zero-order chi connectivity index (χ0) is 14.9. The lowest BCUT2D eigenvalue weighted by Crippen LogP contribution is -2.10. The van der Waals surface area contributed by atoms with Gasteiger partial charge in [0, 0.05) is 10.5 Å². The predicted molar refractivity (Wildman–Crippen MR) is 86.8 cm³/mol. The number of aryl methyl sites for hydroxylation is 3. The standard InChI is InChI=1S/C17H19BrFN/c1-10-7-12(3)15(8-11(10)2)13(4)20-17-9-14(18)5-6-16(17)19/h5-9,13,20H,1-4H3. The van der Waals surface area contributed by atoms with Gasteiger partial charge in [-0.15, -0.1) is 0 Å². The Morgan fingerprint density at radius 2 is 1.65 bits per heavy atom. The number of anilines is 1. The molecule has 1 atom stereocenters. The Bertz CT molecular complexity index is 637. The van der Waals surface area contributed by atoms with Gasteiger partial charge in [-0.1, -0.05) is 28.1 Å². The molecule has 0 saturated heterocycles. The largest absolute Gasteiger partial charge is 0.376 e. The number of rotatable bonds is 3. The van der Waals surface area contributed by atoms with E-state index in [9.17, 15) is 4.39 Å². The summed E-state index contributed by atoms with van der Waals surface area (Å²) in [5.41, 5.74) is 5.49. The van der Waals surface area contributed by atoms with E-state index >= 15 is 0 Å². The molecule has 0 radical (unpaired) electrons. The number of benzene rings is 2. The van der Waals surface area contributed by atoms with Gasteiger partial charge >= 0.3 is 0 Å². The second kappa shape index (κ2) is 5.96. The molecule has 0 amide bonds. The zero-order valence-corrected chi connectivity index (χ0v) is 13.8. The van der Waals surface area contributed by atoms with Gasteiger partial charge in [-0.25, -0.2) is 4.39 Å². The van der Waals surface area contributed by atoms with E-state index in [0.29, 0.717) is 5.69 Å². The monoisotopic (exact) mass is 335 g/mol. The smallest absolute Gasteiger partial charge is 0.146 e. The molecule has 1 nitrogen and oxygen atoms in total. The number of nitrogens with one attached hydrogen (secondary N) is 1. The third-order valence-electron chi connectivity index (χ3n) is 3.65. The molecule has 0 aliphatic heterocycles. The average molecular weight is 336 g/mol. The van der Waals surface area contributed by atoms with Crippen molar-refractivity contribution in [1.82, 2.24) is 0 Å². The second-order valence-electron chi connectivity index (χ2n) is 5.28. The molecule has 3 heteroatoms. The van der Waals surface area contributed by atoms with Crippen LogP contribution in [-0.2, 0) is 0 Å². The van der Waals surface area contributed by atoms with Crippen LogP contribution in [0.3, 0.4) is 0 Å². The topological polar surface area (TPSA) is 12.0 Å². The van der Waals surface area contributed by atoms with Crippen molar-refractivity contribution in [2.45, 2.75) is 33.7 Å². The summed E-state index contributed by atoms with van der Waals surface area (Å²) in [4.78, 5) is 0. The third-order valence-corrected chi connectivity index (χ3v) is 4.14. The molecule has 2 rings (SSSR count). The Morgan fingerprint density at radius 1 is 1.00 bits per heavy atom. The van der Waals surface area contributed by atoms with E-state index in [2.05, 4.69) is 61.1 Å². The number of hydrogen-bond donors (Lipinski definition) is 1. The Balaban J connectivity index is 2.30. The highest BCUT2D eigenvalue weighted by atomic mass is 79.9. The van der Waals surface area contributed by atoms with Crippen LogP contribution in [-0.4, -0.2) is 0 Å². The van der Waals surface area contributed by atoms with Gasteiger partial charge in [0.25, 0.3) is 0 Å². The first-order valence-electron chi connectivity index (χ1n) is 6.68. The second-order valence-corrected chi connectivity index (χ2v) is 6.20. The molecular formula is C17H19BrFN. The average Bonchev–Trinajstić information content (AvgIpc) is 2.38. The first-order valence-corrected chi connectivity index (χ1v) is 7.47. The lowest BCUT2D eigenvalue weighted by Gasteiger charge is -2.20. The van der Waals surface area contributed by atoms with Crippen molar-refractivity contribution in [3.63, 3.8) is 0 Å². The minimum Gasteiger partial charge on any atom is -0.376 e. The van der Waals surface area contributed by atoms with Crippen LogP contribution in [0, 0.1) is 26.6 Å². The summed E-state index contributed by atoms with van der Waals surface area (Å²) in [5, 5.41) is 3.25. The van der Waals surface area contributed by atoms with Gasteiger partial charge in [-0.3, -0.25) is 0 Å². The van der Waals surface area contributed by atoms with Crippen LogP contribution in [0.25, 0.3) is 0 Å². The van der Waals surface area contributed by atoms with Crippen molar-refractivity contribution < 1.29 is 4.39 Å². The van der Waals surface area contributed by atoms with Gasteiger partial charge in [-0.05, 0) is 68.1 Å². The van der Waals surface area contributed by atoms with E-state index in [0.717, 1.165) is 4.47 Å². The SMILES string of the molecule is Cc1cc(C)c(C(C)Nc2cc(Br)ccc2F)cc1C. The molecular weight excluding hydrogens is 317 g/mol. The minimum atomic E-state index is -0.235. The fourth-order valence-corrected chi connectivity index (χ4v) is 2.73.